The molecule has 0 radical (unpaired) electrons. The van der Waals surface area contributed by atoms with Crippen LogP contribution in [0.4, 0.5) is 51.2 Å². The van der Waals surface area contributed by atoms with Crippen molar-refractivity contribution in [3.05, 3.63) is 260 Å². The Hall–Kier alpha value is -8.40. The van der Waals surface area contributed by atoms with Gasteiger partial charge in [-0.1, -0.05) is 166 Å². The standard InChI is InChI=1S/C63H47N3/c1-63(2)60-32-18-17-31-56(60)59-38-46-35-34-45-36-37-51(42-57(45)58(46)43-61(59)63)65(49-26-11-5-12-27-49)53-39-52(64(47-22-7-3-8-23-47)48-24-9-4-10-25-48)40-54(41-53)66(50-28-13-6-14-29-50)62-33-19-21-44-20-15-16-30-55(44)62/h3-43H,1-2H3. The number of hydrogen-bond acceptors (Lipinski definition) is 3. The number of hydrogen-bond donors (Lipinski definition) is 0. The third-order valence-corrected chi connectivity index (χ3v) is 13.5. The molecule has 66 heavy (non-hydrogen) atoms. The minimum atomic E-state index is -0.106. The van der Waals surface area contributed by atoms with Gasteiger partial charge in [0.05, 0.1) is 22.7 Å². The highest BCUT2D eigenvalue weighted by Crippen LogP contribution is 2.51. The molecule has 0 atom stereocenters. The zero-order valence-electron chi connectivity index (χ0n) is 37.0. The lowest BCUT2D eigenvalue weighted by Crippen LogP contribution is -2.16. The van der Waals surface area contributed by atoms with Gasteiger partial charge in [0.2, 0.25) is 0 Å². The molecular weight excluding hydrogens is 799 g/mol. The number of anilines is 9. The van der Waals surface area contributed by atoms with E-state index in [1.54, 1.807) is 0 Å². The first kappa shape index (κ1) is 39.2. The summed E-state index contributed by atoms with van der Waals surface area (Å²) in [6.45, 7) is 4.74. The van der Waals surface area contributed by atoms with Gasteiger partial charge < -0.3 is 14.7 Å². The lowest BCUT2D eigenvalue weighted by Gasteiger charge is -2.33. The summed E-state index contributed by atoms with van der Waals surface area (Å²) >= 11 is 0. The lowest BCUT2D eigenvalue weighted by molar-refractivity contribution is 0.661. The molecule has 11 aromatic carbocycles. The summed E-state index contributed by atoms with van der Waals surface area (Å²) in [4.78, 5) is 7.22. The van der Waals surface area contributed by atoms with E-state index in [1.807, 2.05) is 0 Å². The van der Waals surface area contributed by atoms with Crippen LogP contribution in [0.15, 0.2) is 249 Å². The van der Waals surface area contributed by atoms with Crippen LogP contribution in [0.1, 0.15) is 25.0 Å². The van der Waals surface area contributed by atoms with Gasteiger partial charge in [0.1, 0.15) is 0 Å². The number of benzene rings is 11. The van der Waals surface area contributed by atoms with E-state index in [-0.39, 0.29) is 5.41 Å². The summed E-state index contributed by atoms with van der Waals surface area (Å²) in [6, 6.07) is 90.7. The molecule has 0 aliphatic heterocycles. The van der Waals surface area contributed by atoms with Crippen LogP contribution < -0.4 is 14.7 Å². The van der Waals surface area contributed by atoms with Crippen molar-refractivity contribution in [1.82, 2.24) is 0 Å². The van der Waals surface area contributed by atoms with Crippen LogP contribution in [-0.2, 0) is 5.41 Å². The lowest BCUT2D eigenvalue weighted by atomic mass is 9.81. The third-order valence-electron chi connectivity index (χ3n) is 13.5. The zero-order valence-corrected chi connectivity index (χ0v) is 37.0. The van der Waals surface area contributed by atoms with Crippen LogP contribution in [0.2, 0.25) is 0 Å². The monoisotopic (exact) mass is 845 g/mol. The Morgan fingerprint density at radius 1 is 0.258 bits per heavy atom. The molecule has 12 rings (SSSR count). The van der Waals surface area contributed by atoms with Crippen molar-refractivity contribution in [2.75, 3.05) is 14.7 Å². The Balaban J connectivity index is 1.13. The van der Waals surface area contributed by atoms with Crippen LogP contribution in [0, 0.1) is 0 Å². The molecule has 0 saturated heterocycles. The first-order valence-electron chi connectivity index (χ1n) is 22.8. The maximum atomic E-state index is 2.47. The van der Waals surface area contributed by atoms with E-state index in [1.165, 1.54) is 54.6 Å². The molecule has 0 unspecified atom stereocenters. The zero-order chi connectivity index (χ0) is 44.2. The number of nitrogens with zero attached hydrogens (tertiary/aromatic N) is 3. The first-order chi connectivity index (χ1) is 32.5. The largest absolute Gasteiger partial charge is 0.310 e. The SMILES string of the molecule is CC1(C)c2ccccc2-c2cc3ccc4ccc(N(c5ccccc5)c5cc(N(c6ccccc6)c6ccccc6)cc(N(c6ccccc6)c6cccc7ccccc67)c5)cc4c3cc21. The topological polar surface area (TPSA) is 9.72 Å². The molecule has 0 amide bonds. The second-order valence-corrected chi connectivity index (χ2v) is 17.8. The molecule has 0 N–H and O–H groups in total. The minimum Gasteiger partial charge on any atom is -0.310 e. The van der Waals surface area contributed by atoms with E-state index in [2.05, 4.69) is 277 Å². The average Bonchev–Trinajstić information content (AvgIpc) is 3.59. The molecule has 0 bridgehead atoms. The fourth-order valence-corrected chi connectivity index (χ4v) is 10.4. The van der Waals surface area contributed by atoms with Gasteiger partial charge in [0, 0.05) is 39.2 Å². The molecule has 3 heteroatoms. The highest BCUT2D eigenvalue weighted by molar-refractivity contribution is 6.11. The number of fused-ring (bicyclic) bond motifs is 7. The summed E-state index contributed by atoms with van der Waals surface area (Å²) in [5.41, 5.74) is 14.9. The van der Waals surface area contributed by atoms with E-state index in [4.69, 9.17) is 0 Å². The summed E-state index contributed by atoms with van der Waals surface area (Å²) in [5, 5.41) is 7.33. The highest BCUT2D eigenvalue weighted by Gasteiger charge is 2.35. The van der Waals surface area contributed by atoms with E-state index in [0.717, 1.165) is 51.2 Å². The molecule has 0 aromatic heterocycles. The Morgan fingerprint density at radius 2 is 0.712 bits per heavy atom. The Bertz CT molecular complexity index is 3520. The molecule has 0 heterocycles. The van der Waals surface area contributed by atoms with Crippen molar-refractivity contribution in [2.45, 2.75) is 19.3 Å². The molecule has 314 valence electrons. The highest BCUT2D eigenvalue weighted by atomic mass is 15.2. The predicted molar refractivity (Wildman–Crippen MR) is 281 cm³/mol. The summed E-state index contributed by atoms with van der Waals surface area (Å²) in [6.07, 6.45) is 0. The number of para-hydroxylation sites is 4. The number of rotatable bonds is 9. The average molecular weight is 846 g/mol. The molecular formula is C63H47N3. The molecule has 1 aliphatic carbocycles. The molecule has 1 aliphatic rings. The van der Waals surface area contributed by atoms with Gasteiger partial charge in [-0.2, -0.15) is 0 Å². The van der Waals surface area contributed by atoms with Crippen molar-refractivity contribution < 1.29 is 0 Å². The van der Waals surface area contributed by atoms with E-state index in [9.17, 15) is 0 Å². The second kappa shape index (κ2) is 16.0. The fraction of sp³-hybridized carbons (Fsp3) is 0.0476. The third kappa shape index (κ3) is 6.67. The Kier molecular flexibility index (Phi) is 9.50. The fourth-order valence-electron chi connectivity index (χ4n) is 10.4. The maximum Gasteiger partial charge on any atom is 0.0540 e. The van der Waals surface area contributed by atoms with Crippen LogP contribution in [0.25, 0.3) is 43.4 Å². The van der Waals surface area contributed by atoms with Crippen LogP contribution in [-0.4, -0.2) is 0 Å². The van der Waals surface area contributed by atoms with Gasteiger partial charge in [-0.15, -0.1) is 0 Å². The second-order valence-electron chi connectivity index (χ2n) is 17.8. The van der Waals surface area contributed by atoms with Gasteiger partial charge in [-0.25, -0.2) is 0 Å². The molecule has 0 spiro atoms. The van der Waals surface area contributed by atoms with Gasteiger partial charge in [-0.3, -0.25) is 0 Å². The normalized spacial score (nSPS) is 12.5. The van der Waals surface area contributed by atoms with Crippen LogP contribution >= 0.6 is 0 Å². The van der Waals surface area contributed by atoms with Crippen molar-refractivity contribution >= 4 is 83.5 Å². The molecule has 3 nitrogen and oxygen atoms in total. The van der Waals surface area contributed by atoms with Crippen LogP contribution in [0.3, 0.4) is 0 Å². The Morgan fingerprint density at radius 3 is 1.35 bits per heavy atom. The predicted octanol–water partition coefficient (Wildman–Crippen LogP) is 17.9. The van der Waals surface area contributed by atoms with Gasteiger partial charge in [-0.05, 0) is 146 Å². The smallest absolute Gasteiger partial charge is 0.0540 e. The van der Waals surface area contributed by atoms with Gasteiger partial charge in [0.15, 0.2) is 0 Å². The summed E-state index contributed by atoms with van der Waals surface area (Å²) < 4.78 is 0. The van der Waals surface area contributed by atoms with E-state index < -0.39 is 0 Å². The molecule has 0 fully saturated rings. The van der Waals surface area contributed by atoms with E-state index in [0.29, 0.717) is 0 Å². The summed E-state index contributed by atoms with van der Waals surface area (Å²) in [5.74, 6) is 0. The Labute approximate surface area is 386 Å². The van der Waals surface area contributed by atoms with Gasteiger partial charge >= 0.3 is 0 Å². The molecule has 11 aromatic rings. The van der Waals surface area contributed by atoms with Crippen molar-refractivity contribution in [1.29, 1.82) is 0 Å². The van der Waals surface area contributed by atoms with E-state index >= 15 is 0 Å². The van der Waals surface area contributed by atoms with Crippen molar-refractivity contribution in [3.8, 4) is 11.1 Å². The first-order valence-corrected chi connectivity index (χ1v) is 22.8. The minimum absolute atomic E-state index is 0.106. The maximum absolute atomic E-state index is 2.47. The van der Waals surface area contributed by atoms with Crippen LogP contribution in [0.5, 0.6) is 0 Å². The molecule has 0 saturated carbocycles. The quantitative estimate of drug-likeness (QED) is 0.134. The van der Waals surface area contributed by atoms with Gasteiger partial charge in [0.25, 0.3) is 0 Å². The summed E-state index contributed by atoms with van der Waals surface area (Å²) in [7, 11) is 0. The van der Waals surface area contributed by atoms with Crippen molar-refractivity contribution in [3.63, 3.8) is 0 Å². The van der Waals surface area contributed by atoms with Crippen molar-refractivity contribution in [2.24, 2.45) is 0 Å².